The quantitative estimate of drug-likeness (QED) is 0.563. The molecule has 3 N–H and O–H groups in total. The van der Waals surface area contributed by atoms with Crippen LogP contribution in [0.25, 0.3) is 21.5 Å². The molecule has 0 radical (unpaired) electrons. The number of hydrogen-bond donors (Lipinski definition) is 2. The number of pyridine rings is 1. The van der Waals surface area contributed by atoms with Crippen molar-refractivity contribution in [2.24, 2.45) is 5.73 Å². The van der Waals surface area contributed by atoms with E-state index in [4.69, 9.17) is 5.73 Å². The highest BCUT2D eigenvalue weighted by atomic mass is 79.9. The minimum Gasteiger partial charge on any atom is -0.329 e. The molecule has 5 heteroatoms. The molecule has 0 atom stereocenters. The van der Waals surface area contributed by atoms with Gasteiger partial charge in [-0.1, -0.05) is 34.1 Å². The number of fused-ring (bicyclic) bond motifs is 3. The fourth-order valence-corrected chi connectivity index (χ4v) is 2.86. The fourth-order valence-electron chi connectivity index (χ4n) is 2.49. The van der Waals surface area contributed by atoms with Crippen LogP contribution >= 0.6 is 15.9 Å². The molecule has 3 aromatic rings. The summed E-state index contributed by atoms with van der Waals surface area (Å²) < 4.78 is 2.65. The Bertz CT molecular complexity index is 857. The second-order valence-electron chi connectivity index (χ2n) is 4.93. The lowest BCUT2D eigenvalue weighted by molar-refractivity contribution is 0.553. The molecule has 21 heavy (non-hydrogen) atoms. The Labute approximate surface area is 130 Å². The first-order valence-electron chi connectivity index (χ1n) is 6.83. The van der Waals surface area contributed by atoms with Gasteiger partial charge in [-0.05, 0) is 34.4 Å². The second kappa shape index (κ2) is 5.97. The van der Waals surface area contributed by atoms with Gasteiger partial charge >= 0.3 is 0 Å². The van der Waals surface area contributed by atoms with Crippen LogP contribution in [0.15, 0.2) is 51.9 Å². The molecular weight excluding hydrogens is 330 g/mol. The van der Waals surface area contributed by atoms with E-state index in [1.54, 1.807) is 4.57 Å². The normalized spacial score (nSPS) is 11.3. The molecule has 0 amide bonds. The molecule has 0 aliphatic heterocycles. The first-order chi connectivity index (χ1) is 10.2. The van der Waals surface area contributed by atoms with Gasteiger partial charge in [0.2, 0.25) is 0 Å². The van der Waals surface area contributed by atoms with Crippen molar-refractivity contribution in [3.63, 3.8) is 0 Å². The van der Waals surface area contributed by atoms with E-state index in [0.29, 0.717) is 19.8 Å². The summed E-state index contributed by atoms with van der Waals surface area (Å²) in [6, 6.07) is 12.0. The summed E-state index contributed by atoms with van der Waals surface area (Å²) in [6.45, 7) is 1.71. The van der Waals surface area contributed by atoms with Gasteiger partial charge in [-0.25, -0.2) is 0 Å². The smallest absolute Gasteiger partial charge is 0.260 e. The van der Waals surface area contributed by atoms with Crippen LogP contribution in [0.2, 0.25) is 0 Å². The van der Waals surface area contributed by atoms with Crippen molar-refractivity contribution >= 4 is 37.5 Å². The standard InChI is InChI=1S/C16H16BrN3O/c17-13-4-3-11-1-2-12-5-8-20(10-19-7-6-18)16(21)15(12)14(11)9-13/h1-5,8-9,19H,6-7,10,18H2. The lowest BCUT2D eigenvalue weighted by Gasteiger charge is -2.10. The molecule has 3 rings (SSSR count). The number of hydrogen-bond acceptors (Lipinski definition) is 3. The third kappa shape index (κ3) is 2.72. The molecule has 2 aromatic carbocycles. The third-order valence-corrected chi connectivity index (χ3v) is 4.02. The van der Waals surface area contributed by atoms with Crippen LogP contribution in [0, 0.1) is 0 Å². The molecule has 0 bridgehead atoms. The number of nitrogens with one attached hydrogen (secondary N) is 1. The average molecular weight is 346 g/mol. The van der Waals surface area contributed by atoms with Gasteiger partial charge in [0.15, 0.2) is 0 Å². The molecular formula is C16H16BrN3O. The summed E-state index contributed by atoms with van der Waals surface area (Å²) in [4.78, 5) is 12.7. The van der Waals surface area contributed by atoms with E-state index in [1.807, 2.05) is 42.6 Å². The lowest BCUT2D eigenvalue weighted by Crippen LogP contribution is -2.30. The van der Waals surface area contributed by atoms with Crippen LogP contribution in [0.1, 0.15) is 0 Å². The van der Waals surface area contributed by atoms with Crippen LogP contribution < -0.4 is 16.6 Å². The Kier molecular flexibility index (Phi) is 4.05. The summed E-state index contributed by atoms with van der Waals surface area (Å²) in [5.74, 6) is 0. The number of nitrogens with two attached hydrogens (primary N) is 1. The number of halogens is 1. The van der Waals surface area contributed by atoms with Gasteiger partial charge < -0.3 is 10.3 Å². The summed E-state index contributed by atoms with van der Waals surface area (Å²) in [6.07, 6.45) is 1.82. The topological polar surface area (TPSA) is 60.0 Å². The number of aromatic nitrogens is 1. The van der Waals surface area contributed by atoms with Crippen molar-refractivity contribution in [1.29, 1.82) is 0 Å². The molecule has 1 aromatic heterocycles. The molecule has 0 fully saturated rings. The molecule has 0 saturated carbocycles. The van der Waals surface area contributed by atoms with Crippen LogP contribution in [0.3, 0.4) is 0 Å². The summed E-state index contributed by atoms with van der Waals surface area (Å²) in [5.41, 5.74) is 5.47. The van der Waals surface area contributed by atoms with E-state index < -0.39 is 0 Å². The van der Waals surface area contributed by atoms with Gasteiger partial charge in [-0.2, -0.15) is 0 Å². The molecule has 1 heterocycles. The van der Waals surface area contributed by atoms with Crippen molar-refractivity contribution in [3.05, 3.63) is 57.4 Å². The largest absolute Gasteiger partial charge is 0.329 e. The predicted octanol–water partition coefficient (Wildman–Crippen LogP) is 2.42. The Morgan fingerprint density at radius 3 is 2.71 bits per heavy atom. The van der Waals surface area contributed by atoms with Crippen molar-refractivity contribution < 1.29 is 0 Å². The van der Waals surface area contributed by atoms with E-state index in [2.05, 4.69) is 21.2 Å². The van der Waals surface area contributed by atoms with Gasteiger partial charge in [0.1, 0.15) is 0 Å². The zero-order chi connectivity index (χ0) is 14.8. The fraction of sp³-hybridized carbons (Fsp3) is 0.188. The molecule has 4 nitrogen and oxygen atoms in total. The van der Waals surface area contributed by atoms with E-state index in [9.17, 15) is 4.79 Å². The first-order valence-corrected chi connectivity index (χ1v) is 7.62. The van der Waals surface area contributed by atoms with Crippen LogP contribution in [-0.2, 0) is 6.67 Å². The van der Waals surface area contributed by atoms with E-state index >= 15 is 0 Å². The van der Waals surface area contributed by atoms with E-state index in [1.165, 1.54) is 0 Å². The maximum absolute atomic E-state index is 12.7. The van der Waals surface area contributed by atoms with Gasteiger partial charge in [0.05, 0.1) is 12.1 Å². The number of nitrogens with zero attached hydrogens (tertiary/aromatic N) is 1. The van der Waals surface area contributed by atoms with Crippen LogP contribution in [-0.4, -0.2) is 17.7 Å². The third-order valence-electron chi connectivity index (χ3n) is 3.53. The van der Waals surface area contributed by atoms with Crippen LogP contribution in [0.4, 0.5) is 0 Å². The second-order valence-corrected chi connectivity index (χ2v) is 5.85. The van der Waals surface area contributed by atoms with Gasteiger partial charge in [-0.3, -0.25) is 10.1 Å². The van der Waals surface area contributed by atoms with E-state index in [-0.39, 0.29) is 5.56 Å². The molecule has 0 unspecified atom stereocenters. The van der Waals surface area contributed by atoms with Crippen molar-refractivity contribution in [2.75, 3.05) is 13.1 Å². The Hall–Kier alpha value is -1.69. The van der Waals surface area contributed by atoms with Gasteiger partial charge in [0, 0.05) is 23.8 Å². The van der Waals surface area contributed by atoms with Crippen LogP contribution in [0.5, 0.6) is 0 Å². The SMILES string of the molecule is NCCNCn1ccc2ccc3ccc(Br)cc3c2c1=O. The van der Waals surface area contributed by atoms with Gasteiger partial charge in [0.25, 0.3) is 5.56 Å². The summed E-state index contributed by atoms with van der Waals surface area (Å²) in [5, 5.41) is 6.90. The molecule has 0 spiro atoms. The summed E-state index contributed by atoms with van der Waals surface area (Å²) >= 11 is 3.48. The zero-order valence-corrected chi connectivity index (χ0v) is 13.1. The minimum atomic E-state index is 0.0146. The van der Waals surface area contributed by atoms with Crippen molar-refractivity contribution in [3.8, 4) is 0 Å². The minimum absolute atomic E-state index is 0.0146. The lowest BCUT2D eigenvalue weighted by atomic mass is 10.0. The van der Waals surface area contributed by atoms with Gasteiger partial charge in [-0.15, -0.1) is 0 Å². The highest BCUT2D eigenvalue weighted by molar-refractivity contribution is 9.10. The number of rotatable bonds is 4. The van der Waals surface area contributed by atoms with Crippen molar-refractivity contribution in [2.45, 2.75) is 6.67 Å². The maximum Gasteiger partial charge on any atom is 0.260 e. The molecule has 0 aliphatic rings. The monoisotopic (exact) mass is 345 g/mol. The Balaban J connectivity index is 2.22. The molecule has 0 saturated heterocycles. The average Bonchev–Trinajstić information content (AvgIpc) is 2.49. The highest BCUT2D eigenvalue weighted by Crippen LogP contribution is 2.25. The summed E-state index contributed by atoms with van der Waals surface area (Å²) in [7, 11) is 0. The number of benzene rings is 2. The highest BCUT2D eigenvalue weighted by Gasteiger charge is 2.07. The van der Waals surface area contributed by atoms with E-state index in [0.717, 1.165) is 26.0 Å². The Morgan fingerprint density at radius 2 is 1.90 bits per heavy atom. The van der Waals surface area contributed by atoms with Crippen molar-refractivity contribution in [1.82, 2.24) is 9.88 Å². The maximum atomic E-state index is 12.7. The molecule has 108 valence electrons. The zero-order valence-electron chi connectivity index (χ0n) is 11.5. The Morgan fingerprint density at radius 1 is 1.14 bits per heavy atom. The first kappa shape index (κ1) is 14.3. The predicted molar refractivity (Wildman–Crippen MR) is 90.5 cm³/mol. The molecule has 0 aliphatic carbocycles.